The summed E-state index contributed by atoms with van der Waals surface area (Å²) >= 11 is 0. The number of hydrogen-bond donors (Lipinski definition) is 2. The Morgan fingerprint density at radius 1 is 1.08 bits per heavy atom. The summed E-state index contributed by atoms with van der Waals surface area (Å²) in [5.41, 5.74) is 0.518. The number of hydrogen-bond acceptors (Lipinski definition) is 4. The third kappa shape index (κ3) is 11.0. The van der Waals surface area contributed by atoms with E-state index in [0.717, 1.165) is 30.6 Å². The fourth-order valence-electron chi connectivity index (χ4n) is 2.10. The number of ether oxygens (including phenoxy) is 2. The van der Waals surface area contributed by atoms with Gasteiger partial charge >= 0.3 is 12.1 Å². The van der Waals surface area contributed by atoms with Crippen molar-refractivity contribution in [2.45, 2.75) is 58.5 Å². The average Bonchev–Trinajstić information content (AvgIpc) is 2.51. The number of benzene rings is 1. The summed E-state index contributed by atoms with van der Waals surface area (Å²) in [6.07, 6.45) is 3.00. The highest BCUT2D eigenvalue weighted by Gasteiger charge is 2.15. The molecular weight excluding hydrogens is 322 g/mol. The van der Waals surface area contributed by atoms with E-state index in [0.29, 0.717) is 19.6 Å². The molecule has 6 heteroatoms. The van der Waals surface area contributed by atoms with Crippen molar-refractivity contribution in [1.82, 2.24) is 5.32 Å². The largest absolute Gasteiger partial charge is 0.494 e. The SMILES string of the molecule is CC(C)(C)OC(=O)NCCCCCOc1ccc(CCC(=O)O)cc1. The summed E-state index contributed by atoms with van der Waals surface area (Å²) in [6, 6.07) is 7.51. The molecule has 0 atom stereocenters. The van der Waals surface area contributed by atoms with Crippen LogP contribution in [-0.4, -0.2) is 35.9 Å². The van der Waals surface area contributed by atoms with Crippen molar-refractivity contribution in [1.29, 1.82) is 0 Å². The molecule has 0 aliphatic heterocycles. The van der Waals surface area contributed by atoms with Gasteiger partial charge in [0.25, 0.3) is 0 Å². The van der Waals surface area contributed by atoms with Crippen LogP contribution >= 0.6 is 0 Å². The van der Waals surface area contributed by atoms with Gasteiger partial charge in [0.1, 0.15) is 11.4 Å². The predicted molar refractivity (Wildman–Crippen MR) is 96.0 cm³/mol. The van der Waals surface area contributed by atoms with Crippen molar-refractivity contribution in [3.8, 4) is 5.75 Å². The van der Waals surface area contributed by atoms with E-state index < -0.39 is 11.6 Å². The first kappa shape index (κ1) is 20.8. The molecule has 0 radical (unpaired) electrons. The molecule has 1 aromatic rings. The number of amides is 1. The Labute approximate surface area is 149 Å². The van der Waals surface area contributed by atoms with Crippen molar-refractivity contribution in [3.63, 3.8) is 0 Å². The van der Waals surface area contributed by atoms with Crippen molar-refractivity contribution in [2.24, 2.45) is 0 Å². The van der Waals surface area contributed by atoms with Gasteiger partial charge in [0.2, 0.25) is 0 Å². The van der Waals surface area contributed by atoms with E-state index in [9.17, 15) is 9.59 Å². The molecule has 1 aromatic carbocycles. The third-order valence-corrected chi connectivity index (χ3v) is 3.31. The molecule has 140 valence electrons. The van der Waals surface area contributed by atoms with Crippen LogP contribution in [0.3, 0.4) is 0 Å². The van der Waals surface area contributed by atoms with Crippen molar-refractivity contribution in [3.05, 3.63) is 29.8 Å². The van der Waals surface area contributed by atoms with E-state index in [1.54, 1.807) is 0 Å². The Bertz CT molecular complexity index is 534. The lowest BCUT2D eigenvalue weighted by Gasteiger charge is -2.19. The van der Waals surface area contributed by atoms with E-state index in [-0.39, 0.29) is 12.5 Å². The summed E-state index contributed by atoms with van der Waals surface area (Å²) < 4.78 is 10.8. The Morgan fingerprint density at radius 3 is 2.36 bits per heavy atom. The molecular formula is C19H29NO5. The fourth-order valence-corrected chi connectivity index (χ4v) is 2.10. The third-order valence-electron chi connectivity index (χ3n) is 3.31. The zero-order chi connectivity index (χ0) is 18.7. The van der Waals surface area contributed by atoms with Crippen molar-refractivity contribution < 1.29 is 24.2 Å². The maximum Gasteiger partial charge on any atom is 0.407 e. The smallest absolute Gasteiger partial charge is 0.407 e. The van der Waals surface area contributed by atoms with E-state index in [1.165, 1.54) is 0 Å². The number of carbonyl (C=O) groups is 2. The maximum absolute atomic E-state index is 11.5. The molecule has 0 saturated carbocycles. The van der Waals surface area contributed by atoms with Gasteiger partial charge in [0.05, 0.1) is 6.61 Å². The number of aliphatic carboxylic acids is 1. The highest BCUT2D eigenvalue weighted by molar-refractivity contribution is 5.67. The van der Waals surface area contributed by atoms with Gasteiger partial charge in [-0.25, -0.2) is 4.79 Å². The summed E-state index contributed by atoms with van der Waals surface area (Å²) in [5.74, 6) is -0.00700. The van der Waals surface area contributed by atoms with Gasteiger partial charge < -0.3 is 19.9 Å². The van der Waals surface area contributed by atoms with Gasteiger partial charge in [-0.3, -0.25) is 4.79 Å². The summed E-state index contributed by atoms with van der Waals surface area (Å²) in [5, 5.41) is 11.4. The van der Waals surface area contributed by atoms with Crippen LogP contribution < -0.4 is 10.1 Å². The van der Waals surface area contributed by atoms with Crippen LogP contribution in [0.15, 0.2) is 24.3 Å². The zero-order valence-electron chi connectivity index (χ0n) is 15.3. The van der Waals surface area contributed by atoms with Gasteiger partial charge in [0, 0.05) is 13.0 Å². The molecule has 2 N–H and O–H groups in total. The zero-order valence-corrected chi connectivity index (χ0v) is 15.3. The monoisotopic (exact) mass is 351 g/mol. The molecule has 6 nitrogen and oxygen atoms in total. The number of carbonyl (C=O) groups excluding carboxylic acids is 1. The van der Waals surface area contributed by atoms with E-state index in [1.807, 2.05) is 45.0 Å². The van der Waals surface area contributed by atoms with E-state index >= 15 is 0 Å². The van der Waals surface area contributed by atoms with Gasteiger partial charge in [-0.05, 0) is 64.2 Å². The second-order valence-electron chi connectivity index (χ2n) is 6.88. The Kier molecular flexibility index (Phi) is 8.81. The second kappa shape index (κ2) is 10.6. The highest BCUT2D eigenvalue weighted by atomic mass is 16.6. The minimum absolute atomic E-state index is 0.136. The Hall–Kier alpha value is -2.24. The molecule has 0 unspecified atom stereocenters. The van der Waals surface area contributed by atoms with Gasteiger partial charge in [0.15, 0.2) is 0 Å². The topological polar surface area (TPSA) is 84.9 Å². The fraction of sp³-hybridized carbons (Fsp3) is 0.579. The molecule has 0 spiro atoms. The van der Waals surface area contributed by atoms with Crippen LogP contribution in [0.5, 0.6) is 5.75 Å². The summed E-state index contributed by atoms with van der Waals surface area (Å²) in [4.78, 5) is 22.0. The van der Waals surface area contributed by atoms with Crippen molar-refractivity contribution in [2.75, 3.05) is 13.2 Å². The standard InChI is InChI=1S/C19H29NO5/c1-19(2,3)25-18(23)20-13-5-4-6-14-24-16-10-7-15(8-11-16)9-12-17(21)22/h7-8,10-11H,4-6,9,12-14H2,1-3H3,(H,20,23)(H,21,22). The lowest BCUT2D eigenvalue weighted by Crippen LogP contribution is -2.33. The van der Waals surface area contributed by atoms with E-state index in [4.69, 9.17) is 14.6 Å². The van der Waals surface area contributed by atoms with Gasteiger partial charge in [-0.15, -0.1) is 0 Å². The number of carboxylic acids is 1. The molecule has 0 aliphatic carbocycles. The molecule has 0 aliphatic rings. The molecule has 0 saturated heterocycles. The van der Waals surface area contributed by atoms with Crippen LogP contribution in [0.4, 0.5) is 4.79 Å². The predicted octanol–water partition coefficient (Wildman–Crippen LogP) is 3.78. The number of nitrogens with one attached hydrogen (secondary N) is 1. The van der Waals surface area contributed by atoms with Crippen LogP contribution in [0.1, 0.15) is 52.0 Å². The van der Waals surface area contributed by atoms with E-state index in [2.05, 4.69) is 5.32 Å². The number of alkyl carbamates (subject to hydrolysis) is 1. The van der Waals surface area contributed by atoms with Crippen LogP contribution in [0, 0.1) is 0 Å². The highest BCUT2D eigenvalue weighted by Crippen LogP contribution is 2.14. The van der Waals surface area contributed by atoms with Crippen LogP contribution in [-0.2, 0) is 16.0 Å². The van der Waals surface area contributed by atoms with Crippen LogP contribution in [0.25, 0.3) is 0 Å². The first-order valence-corrected chi connectivity index (χ1v) is 8.66. The Morgan fingerprint density at radius 2 is 1.76 bits per heavy atom. The van der Waals surface area contributed by atoms with Crippen LogP contribution in [0.2, 0.25) is 0 Å². The number of carboxylic acid groups (broad SMARTS) is 1. The summed E-state index contributed by atoms with van der Waals surface area (Å²) in [6.45, 7) is 6.71. The summed E-state index contributed by atoms with van der Waals surface area (Å²) in [7, 11) is 0. The minimum atomic E-state index is -0.790. The minimum Gasteiger partial charge on any atom is -0.494 e. The molecule has 0 fully saturated rings. The second-order valence-corrected chi connectivity index (χ2v) is 6.88. The molecule has 0 heterocycles. The molecule has 1 rings (SSSR count). The lowest BCUT2D eigenvalue weighted by atomic mass is 10.1. The molecule has 0 aromatic heterocycles. The van der Waals surface area contributed by atoms with Gasteiger partial charge in [-0.2, -0.15) is 0 Å². The maximum atomic E-state index is 11.5. The first-order chi connectivity index (χ1) is 11.8. The molecule has 25 heavy (non-hydrogen) atoms. The number of rotatable bonds is 10. The number of aryl methyl sites for hydroxylation is 1. The quantitative estimate of drug-likeness (QED) is 0.627. The number of unbranched alkanes of at least 4 members (excludes halogenated alkanes) is 2. The molecule has 0 bridgehead atoms. The first-order valence-electron chi connectivity index (χ1n) is 8.66. The molecule has 1 amide bonds. The normalized spacial score (nSPS) is 11.0. The van der Waals surface area contributed by atoms with Gasteiger partial charge in [-0.1, -0.05) is 12.1 Å². The average molecular weight is 351 g/mol. The lowest BCUT2D eigenvalue weighted by molar-refractivity contribution is -0.136. The van der Waals surface area contributed by atoms with Crippen molar-refractivity contribution >= 4 is 12.1 Å². The Balaban J connectivity index is 2.08.